The number of benzene rings is 2. The van der Waals surface area contributed by atoms with E-state index in [1.54, 1.807) is 68.4 Å². The summed E-state index contributed by atoms with van der Waals surface area (Å²) in [6.45, 7) is 5.91. The van der Waals surface area contributed by atoms with Crippen molar-refractivity contribution >= 4 is 136 Å². The number of carbonyl (C=O) groups is 18. The minimum Gasteiger partial charge on any atom is -0.481 e. The number of fused-ring (bicyclic) bond motifs is 1. The maximum atomic E-state index is 14.5. The summed E-state index contributed by atoms with van der Waals surface area (Å²) in [6, 6.07) is -7.94. The van der Waals surface area contributed by atoms with Crippen LogP contribution >= 0.6 is 12.6 Å². The number of nitrogens with two attached hydrogens (primary N) is 5. The van der Waals surface area contributed by atoms with Crippen molar-refractivity contribution in [3.8, 4) is 0 Å². The minimum atomic E-state index is -2.01. The number of carbonyl (C=O) groups excluding carboxylic acids is 16. The number of aliphatic hydroxyl groups is 1. The van der Waals surface area contributed by atoms with Gasteiger partial charge in [0.2, 0.25) is 94.5 Å². The van der Waals surface area contributed by atoms with Crippen LogP contribution in [-0.2, 0) is 106 Å². The van der Waals surface area contributed by atoms with Crippen molar-refractivity contribution in [2.75, 3.05) is 18.9 Å². The predicted octanol–water partition coefficient (Wildman–Crippen LogP) is -8.19. The van der Waals surface area contributed by atoms with Crippen molar-refractivity contribution in [1.82, 2.24) is 89.4 Å². The molecule has 0 saturated heterocycles. The molecule has 0 aliphatic rings. The molecule has 0 saturated carbocycles. The van der Waals surface area contributed by atoms with Crippen molar-refractivity contribution < 1.29 is 102 Å². The molecule has 45 heteroatoms. The number of H-pyrrole nitrogens is 2. The highest BCUT2D eigenvalue weighted by molar-refractivity contribution is 7.80. The maximum Gasteiger partial charge on any atom is 0.326 e. The smallest absolute Gasteiger partial charge is 0.326 e. The normalized spacial score (nSPS) is 14.7. The maximum absolute atomic E-state index is 14.5. The van der Waals surface area contributed by atoms with Crippen LogP contribution in [0, 0.1) is 11.3 Å². The summed E-state index contributed by atoms with van der Waals surface area (Å²) >= 11 is 4.17. The van der Waals surface area contributed by atoms with E-state index < -0.39 is 248 Å². The van der Waals surface area contributed by atoms with Gasteiger partial charge < -0.3 is 128 Å². The fourth-order valence-corrected chi connectivity index (χ4v) is 11.5. The Balaban J connectivity index is 1.54. The van der Waals surface area contributed by atoms with Crippen LogP contribution in [0.15, 0.2) is 73.3 Å². The van der Waals surface area contributed by atoms with Crippen LogP contribution < -0.4 is 103 Å². The van der Waals surface area contributed by atoms with Gasteiger partial charge in [-0.1, -0.05) is 62.4 Å². The number of rotatable bonds is 51. The Morgan fingerprint density at radius 2 is 0.897 bits per heavy atom. The topological polar surface area (TPSA) is 735 Å². The second kappa shape index (κ2) is 47.6. The van der Waals surface area contributed by atoms with Gasteiger partial charge in [-0.15, -0.1) is 0 Å². The molecule has 16 amide bonds. The SMILES string of the molecule is CC(C)C[C@H](NC(=O)[C@H](CC(N)=O)NC(=O)[C@H](CCC(=O)O)NC(=O)[C@H](CO)NC(=O)[C@H](Cc1c[nH]c2ccccc12)NC(=O)[C@H](C)NC(=O)[C@H](Cc1c[nH]cn1)NC(=O)[C@H](CCCNC(=N)N)NC(=O)[C@H](C)N)C(=O)N[C@@H](C)C(=O)N[C@@H](CCC(N)=O)C(=O)N[C@@H](CS)C(=O)N[C@@H](Cc1ccccc1)C(=O)N[C@@H](CC(N)=O)C(=O)O. The third-order valence-corrected chi connectivity index (χ3v) is 17.8. The van der Waals surface area contributed by atoms with E-state index in [1.807, 2.05) is 0 Å². The Morgan fingerprint density at radius 3 is 1.42 bits per heavy atom. The Morgan fingerprint density at radius 1 is 0.466 bits per heavy atom. The first-order valence-corrected chi connectivity index (χ1v) is 37.2. The number of nitrogens with one attached hydrogen (secondary N) is 17. The number of thiol groups is 1. The van der Waals surface area contributed by atoms with Crippen molar-refractivity contribution in [3.05, 3.63) is 90.1 Å². The lowest BCUT2D eigenvalue weighted by atomic mass is 10.0. The van der Waals surface area contributed by atoms with Gasteiger partial charge in [-0.05, 0) is 76.0 Å². The Labute approximate surface area is 669 Å². The quantitative estimate of drug-likeness (QED) is 0.00845. The van der Waals surface area contributed by atoms with E-state index in [2.05, 4.69) is 102 Å². The lowest BCUT2D eigenvalue weighted by molar-refractivity contribution is -0.143. The second-order valence-electron chi connectivity index (χ2n) is 27.5. The van der Waals surface area contributed by atoms with E-state index in [9.17, 15) is 102 Å². The molecule has 14 atom stereocenters. The zero-order valence-corrected chi connectivity index (χ0v) is 65.1. The van der Waals surface area contributed by atoms with E-state index in [4.69, 9.17) is 34.1 Å². The van der Waals surface area contributed by atoms with E-state index in [1.165, 1.54) is 32.6 Å². The number of aliphatic carboxylic acids is 2. The first kappa shape index (κ1) is 95.6. The highest BCUT2D eigenvalue weighted by atomic mass is 32.1. The summed E-state index contributed by atoms with van der Waals surface area (Å²) in [7, 11) is 0. The molecule has 634 valence electrons. The minimum absolute atomic E-state index is 0.0195. The number of guanidine groups is 1. The van der Waals surface area contributed by atoms with Crippen LogP contribution in [0.25, 0.3) is 10.9 Å². The lowest BCUT2D eigenvalue weighted by Gasteiger charge is -2.28. The van der Waals surface area contributed by atoms with Gasteiger partial charge in [0.25, 0.3) is 0 Å². The van der Waals surface area contributed by atoms with Gasteiger partial charge in [-0.2, -0.15) is 12.6 Å². The Bertz CT molecular complexity index is 4150. The fourth-order valence-electron chi connectivity index (χ4n) is 11.2. The number of primary amides is 3. The molecule has 2 aromatic carbocycles. The number of para-hydroxylation sites is 1. The molecular formula is C71H103N23O21S. The molecule has 0 bridgehead atoms. The van der Waals surface area contributed by atoms with E-state index in [-0.39, 0.29) is 56.7 Å². The Hall–Kier alpha value is -12.8. The first-order chi connectivity index (χ1) is 54.7. The third kappa shape index (κ3) is 33.1. The monoisotopic (exact) mass is 1650 g/mol. The second-order valence-corrected chi connectivity index (χ2v) is 27.9. The Kier molecular flexibility index (Phi) is 39.3. The first-order valence-electron chi connectivity index (χ1n) is 36.6. The zero-order valence-electron chi connectivity index (χ0n) is 64.2. The fraction of sp³-hybridized carbons (Fsp3) is 0.493. The van der Waals surface area contributed by atoms with Gasteiger partial charge in [-0.25, -0.2) is 9.78 Å². The van der Waals surface area contributed by atoms with Gasteiger partial charge in [0.05, 0.1) is 37.5 Å². The number of hydrogen-bond donors (Lipinski definition) is 26. The number of carboxylic acid groups (broad SMARTS) is 2. The van der Waals surface area contributed by atoms with Crippen LogP contribution in [0.5, 0.6) is 0 Å². The number of aromatic amines is 2. The van der Waals surface area contributed by atoms with Crippen molar-refractivity contribution in [2.45, 2.75) is 196 Å². The molecule has 0 aliphatic carbocycles. The van der Waals surface area contributed by atoms with Crippen molar-refractivity contribution in [2.24, 2.45) is 34.6 Å². The van der Waals surface area contributed by atoms with Gasteiger partial charge in [0.1, 0.15) is 78.5 Å². The predicted molar refractivity (Wildman–Crippen MR) is 415 cm³/mol. The molecule has 116 heavy (non-hydrogen) atoms. The highest BCUT2D eigenvalue weighted by Crippen LogP contribution is 2.20. The van der Waals surface area contributed by atoms with Crippen LogP contribution in [0.1, 0.15) is 109 Å². The number of amides is 16. The summed E-state index contributed by atoms with van der Waals surface area (Å²) in [4.78, 5) is 252. The molecule has 4 rings (SSSR count). The standard InChI is InChI=1S/C71H103N23O21S/c1-33(2)22-45(63(107)82-35(4)58(102)85-43(17-19-53(73)96)62(106)94-52(31-116)69(113)89-46(23-37-12-7-6-8-13-37)65(109)92-50(70(114)115)27-55(75)98)88-67(111)49(26-54(74)97)91-61(105)44(18-20-56(99)100)86-68(112)51(30-95)93-66(110)47(24-38-28-80-41-15-10-9-14-40(38)41)87-59(103)36(5)83-64(108)48(25-39-29-78-32-81-39)90-60(104)42(84-57(101)34(3)72)16-11-21-79-71(76)77/h6-10,12-15,28-29,32-36,42-52,80,95,116H,11,16-27,30-31,72H2,1-5H3,(H2,73,96)(H2,74,97)(H2,75,98)(H,78,81)(H,82,107)(H,83,108)(H,84,101)(H,85,102)(H,86,112)(H,87,103)(H,88,111)(H,89,113)(H,90,104)(H,91,105)(H,92,109)(H,93,110)(H,94,106)(H,99,100)(H,114,115)(H4,76,77,79)/t34-,35-,36-,42-,43-,44-,45-,46-,47-,48-,49-,50-,51-,52-/m0/s1. The van der Waals surface area contributed by atoms with Crippen molar-refractivity contribution in [1.29, 1.82) is 5.41 Å². The molecule has 30 N–H and O–H groups in total. The highest BCUT2D eigenvalue weighted by Gasteiger charge is 2.38. The summed E-state index contributed by atoms with van der Waals surface area (Å²) in [5, 5.41) is 71.6. The van der Waals surface area contributed by atoms with Crippen LogP contribution in [0.2, 0.25) is 0 Å². The van der Waals surface area contributed by atoms with Gasteiger partial charge in [0, 0.05) is 67.7 Å². The van der Waals surface area contributed by atoms with E-state index in [0.717, 1.165) is 6.92 Å². The largest absolute Gasteiger partial charge is 0.481 e. The number of carboxylic acids is 2. The summed E-state index contributed by atoms with van der Waals surface area (Å²) in [5.41, 5.74) is 29.0. The van der Waals surface area contributed by atoms with E-state index >= 15 is 0 Å². The molecule has 0 aliphatic heterocycles. The average molecular weight is 1650 g/mol. The number of aliphatic hydroxyl groups excluding tert-OH is 1. The van der Waals surface area contributed by atoms with Crippen molar-refractivity contribution in [3.63, 3.8) is 0 Å². The number of hydrogen-bond acceptors (Lipinski definition) is 23. The number of nitrogens with zero attached hydrogens (tertiary/aromatic N) is 1. The molecule has 0 spiro atoms. The van der Waals surface area contributed by atoms with Crippen LogP contribution in [0.3, 0.4) is 0 Å². The summed E-state index contributed by atoms with van der Waals surface area (Å²) in [6.07, 6.45) is -1.06. The van der Waals surface area contributed by atoms with Crippen LogP contribution in [-0.4, -0.2) is 246 Å². The molecule has 0 fully saturated rings. The zero-order chi connectivity index (χ0) is 86.6. The number of aromatic nitrogens is 3. The molecule has 2 heterocycles. The van der Waals surface area contributed by atoms with Gasteiger partial charge in [-0.3, -0.25) is 86.9 Å². The molecule has 0 radical (unpaired) electrons. The molecular weight excluding hydrogens is 1540 g/mol. The molecule has 44 nitrogen and oxygen atoms in total. The van der Waals surface area contributed by atoms with E-state index in [0.29, 0.717) is 22.0 Å². The summed E-state index contributed by atoms with van der Waals surface area (Å²) in [5.74, 6) is -21.6. The lowest BCUT2D eigenvalue weighted by Crippen LogP contribution is -2.61. The number of imidazole rings is 1. The molecule has 4 aromatic rings. The third-order valence-electron chi connectivity index (χ3n) is 17.4. The van der Waals surface area contributed by atoms with Gasteiger partial charge >= 0.3 is 11.9 Å². The van der Waals surface area contributed by atoms with Gasteiger partial charge in [0.15, 0.2) is 5.96 Å². The van der Waals surface area contributed by atoms with Crippen LogP contribution in [0.4, 0.5) is 0 Å². The molecule has 2 aromatic heterocycles. The average Bonchev–Trinajstić information content (AvgIpc) is 1.67. The summed E-state index contributed by atoms with van der Waals surface area (Å²) < 4.78 is 0. The molecule has 0 unspecified atom stereocenters.